The molecule has 1 amide bonds. The number of ether oxygens (including phenoxy) is 6. The van der Waals surface area contributed by atoms with Gasteiger partial charge in [0.25, 0.3) is 5.91 Å². The third-order valence-corrected chi connectivity index (χ3v) is 4.51. The van der Waals surface area contributed by atoms with Crippen molar-refractivity contribution in [2.75, 3.05) is 33.0 Å². The zero-order valence-electron chi connectivity index (χ0n) is 22.3. The maximum atomic E-state index is 12.0. The van der Waals surface area contributed by atoms with E-state index in [2.05, 4.69) is 37.4 Å². The van der Waals surface area contributed by atoms with Crippen molar-refractivity contribution in [2.24, 2.45) is 0 Å². The van der Waals surface area contributed by atoms with Gasteiger partial charge in [0.2, 0.25) is 5.78 Å². The maximum absolute atomic E-state index is 12.0. The summed E-state index contributed by atoms with van der Waals surface area (Å²) in [6.45, 7) is 8.05. The minimum absolute atomic E-state index is 0.0332. The molecule has 0 aromatic rings. The van der Waals surface area contributed by atoms with Gasteiger partial charge in [-0.3, -0.25) is 9.59 Å². The standard InChI is InChI=1S/C25H33NO14/c1-5-19(28)35-12-14-37-22(31)24(33)39-16(3)8-7-9-18(27)21(30)26-11-10-17(4)40-25(34)23(32)38-15-13-36-20(29)6-2/h5-6,16-17H,1-2,7-15H2,3-4H3,(H,26,30). The summed E-state index contributed by atoms with van der Waals surface area (Å²) < 4.78 is 28.1. The molecule has 0 spiro atoms. The molecule has 15 heteroatoms. The Morgan fingerprint density at radius 3 is 1.52 bits per heavy atom. The van der Waals surface area contributed by atoms with Crippen molar-refractivity contribution in [3.05, 3.63) is 25.3 Å². The molecule has 0 aromatic heterocycles. The molecule has 2 atom stereocenters. The molecule has 0 bridgehead atoms. The minimum Gasteiger partial charge on any atom is -0.459 e. The predicted molar refractivity (Wildman–Crippen MR) is 132 cm³/mol. The fraction of sp³-hybridized carbons (Fsp3) is 0.520. The van der Waals surface area contributed by atoms with E-state index in [4.69, 9.17) is 9.47 Å². The summed E-state index contributed by atoms with van der Waals surface area (Å²) >= 11 is 0. The lowest BCUT2D eigenvalue weighted by atomic mass is 10.1. The number of amides is 1. The van der Waals surface area contributed by atoms with Crippen molar-refractivity contribution in [2.45, 2.75) is 51.7 Å². The van der Waals surface area contributed by atoms with E-state index in [-0.39, 0.29) is 58.7 Å². The molecule has 222 valence electrons. The second-order valence-corrected chi connectivity index (χ2v) is 7.81. The highest BCUT2D eigenvalue weighted by molar-refractivity contribution is 6.36. The molecule has 0 rings (SSSR count). The first-order chi connectivity index (χ1) is 18.9. The Balaban J connectivity index is 4.09. The van der Waals surface area contributed by atoms with Crippen LogP contribution in [0.5, 0.6) is 0 Å². The van der Waals surface area contributed by atoms with Gasteiger partial charge in [-0.1, -0.05) is 13.2 Å². The Kier molecular flexibility index (Phi) is 18.1. The van der Waals surface area contributed by atoms with E-state index < -0.39 is 59.7 Å². The largest absolute Gasteiger partial charge is 0.459 e. The number of rotatable bonds is 18. The van der Waals surface area contributed by atoms with E-state index in [1.807, 2.05) is 0 Å². The van der Waals surface area contributed by atoms with Crippen molar-refractivity contribution >= 4 is 47.5 Å². The van der Waals surface area contributed by atoms with Crippen LogP contribution in [0, 0.1) is 0 Å². The SMILES string of the molecule is C=CC(=O)OCCOC(=O)C(=O)OC(C)CCCC(=O)C(=O)NCCC(C)OC(=O)C(=O)OCCOC(=O)C=C. The highest BCUT2D eigenvalue weighted by Crippen LogP contribution is 2.06. The highest BCUT2D eigenvalue weighted by Gasteiger charge is 2.22. The van der Waals surface area contributed by atoms with Crippen LogP contribution in [0.15, 0.2) is 25.3 Å². The Morgan fingerprint density at radius 2 is 1.07 bits per heavy atom. The second kappa shape index (κ2) is 20.4. The van der Waals surface area contributed by atoms with Crippen LogP contribution >= 0.6 is 0 Å². The van der Waals surface area contributed by atoms with E-state index in [0.717, 1.165) is 12.2 Å². The molecular formula is C25H33NO14. The van der Waals surface area contributed by atoms with Crippen molar-refractivity contribution in [3.8, 4) is 0 Å². The molecule has 0 saturated carbocycles. The average Bonchev–Trinajstić information content (AvgIpc) is 2.92. The van der Waals surface area contributed by atoms with Crippen LogP contribution in [0.2, 0.25) is 0 Å². The molecule has 2 unspecified atom stereocenters. The number of esters is 6. The van der Waals surface area contributed by atoms with Gasteiger partial charge in [-0.15, -0.1) is 0 Å². The number of carbonyl (C=O) groups excluding carboxylic acids is 8. The molecular weight excluding hydrogens is 538 g/mol. The number of carbonyl (C=O) groups is 8. The van der Waals surface area contributed by atoms with Gasteiger partial charge in [0.15, 0.2) is 0 Å². The molecule has 0 aliphatic carbocycles. The molecule has 40 heavy (non-hydrogen) atoms. The maximum Gasteiger partial charge on any atom is 0.417 e. The van der Waals surface area contributed by atoms with Crippen LogP contribution in [0.4, 0.5) is 0 Å². The molecule has 0 aliphatic rings. The van der Waals surface area contributed by atoms with Gasteiger partial charge in [0, 0.05) is 31.5 Å². The molecule has 0 saturated heterocycles. The normalized spacial score (nSPS) is 11.4. The van der Waals surface area contributed by atoms with Gasteiger partial charge < -0.3 is 33.7 Å². The van der Waals surface area contributed by atoms with Gasteiger partial charge in [-0.2, -0.15) is 0 Å². The van der Waals surface area contributed by atoms with Gasteiger partial charge in [0.05, 0.1) is 6.10 Å². The first kappa shape index (κ1) is 35.4. The van der Waals surface area contributed by atoms with Crippen molar-refractivity contribution < 1.29 is 66.8 Å². The van der Waals surface area contributed by atoms with Gasteiger partial charge >= 0.3 is 35.8 Å². The first-order valence-electron chi connectivity index (χ1n) is 12.1. The van der Waals surface area contributed by atoms with Crippen molar-refractivity contribution in [1.82, 2.24) is 5.32 Å². The second-order valence-electron chi connectivity index (χ2n) is 7.81. The van der Waals surface area contributed by atoms with Crippen molar-refractivity contribution in [3.63, 3.8) is 0 Å². The lowest BCUT2D eigenvalue weighted by Gasteiger charge is -2.13. The monoisotopic (exact) mass is 571 g/mol. The predicted octanol–water partition coefficient (Wildman–Crippen LogP) is -0.360. The van der Waals surface area contributed by atoms with Crippen LogP contribution in [0.3, 0.4) is 0 Å². The highest BCUT2D eigenvalue weighted by atomic mass is 16.6. The quantitative estimate of drug-likeness (QED) is 0.0734. The first-order valence-corrected chi connectivity index (χ1v) is 12.1. The third-order valence-electron chi connectivity index (χ3n) is 4.51. The fourth-order valence-electron chi connectivity index (χ4n) is 2.52. The van der Waals surface area contributed by atoms with Gasteiger partial charge in [-0.05, 0) is 26.7 Å². The smallest absolute Gasteiger partial charge is 0.417 e. The lowest BCUT2D eigenvalue weighted by Crippen LogP contribution is -2.34. The summed E-state index contributed by atoms with van der Waals surface area (Å²) in [5.74, 6) is -8.15. The topological polar surface area (TPSA) is 204 Å². The Labute approximate surface area is 230 Å². The number of Topliss-reactive ketones (excluding diaryl/α,β-unsaturated/α-hetero) is 1. The third kappa shape index (κ3) is 17.0. The van der Waals surface area contributed by atoms with Crippen molar-refractivity contribution in [1.29, 1.82) is 0 Å². The Bertz CT molecular complexity index is 881. The number of ketones is 1. The van der Waals surface area contributed by atoms with Crippen LogP contribution in [-0.2, 0) is 66.8 Å². The molecule has 0 fully saturated rings. The molecule has 0 aromatic carbocycles. The number of hydrogen-bond donors (Lipinski definition) is 1. The molecule has 15 nitrogen and oxygen atoms in total. The number of nitrogens with one attached hydrogen (secondary N) is 1. The van der Waals surface area contributed by atoms with E-state index in [9.17, 15) is 38.4 Å². The summed E-state index contributed by atoms with van der Waals surface area (Å²) in [5.41, 5.74) is 0. The average molecular weight is 572 g/mol. The van der Waals surface area contributed by atoms with Gasteiger partial charge in [0.1, 0.15) is 32.5 Å². The Morgan fingerprint density at radius 1 is 0.650 bits per heavy atom. The zero-order chi connectivity index (χ0) is 30.5. The number of hydrogen-bond acceptors (Lipinski definition) is 14. The Hall–Kier alpha value is -4.56. The zero-order valence-corrected chi connectivity index (χ0v) is 22.3. The minimum atomic E-state index is -1.29. The molecule has 0 radical (unpaired) electrons. The van der Waals surface area contributed by atoms with E-state index in [0.29, 0.717) is 0 Å². The molecule has 0 heterocycles. The molecule has 1 N–H and O–H groups in total. The van der Waals surface area contributed by atoms with Crippen LogP contribution in [0.1, 0.15) is 39.5 Å². The van der Waals surface area contributed by atoms with Crippen LogP contribution in [0.25, 0.3) is 0 Å². The van der Waals surface area contributed by atoms with Crippen LogP contribution in [-0.4, -0.2) is 92.7 Å². The molecule has 0 aliphatic heterocycles. The van der Waals surface area contributed by atoms with E-state index in [1.54, 1.807) is 0 Å². The lowest BCUT2D eigenvalue weighted by molar-refractivity contribution is -0.171. The van der Waals surface area contributed by atoms with E-state index in [1.165, 1.54) is 13.8 Å². The summed E-state index contributed by atoms with van der Waals surface area (Å²) in [6, 6.07) is 0. The van der Waals surface area contributed by atoms with Crippen LogP contribution < -0.4 is 5.32 Å². The fourth-order valence-corrected chi connectivity index (χ4v) is 2.52. The summed E-state index contributed by atoms with van der Waals surface area (Å²) in [5, 5.41) is 2.36. The summed E-state index contributed by atoms with van der Waals surface area (Å²) in [6.07, 6.45) is 0.584. The summed E-state index contributed by atoms with van der Waals surface area (Å²) in [7, 11) is 0. The van der Waals surface area contributed by atoms with Gasteiger partial charge in [-0.25, -0.2) is 28.8 Å². The van der Waals surface area contributed by atoms with E-state index >= 15 is 0 Å². The summed E-state index contributed by atoms with van der Waals surface area (Å²) in [4.78, 5) is 92.1.